The standard InChI is InChI=1S/C15H12ClNO3S/c16-13-6-5-12(21-13)14(18)17-8-10-4-2-1-3-9(10)7-11(17)15(19)20/h1-6,11H,7-8H2,(H,19,20). The molecule has 0 saturated carbocycles. The summed E-state index contributed by atoms with van der Waals surface area (Å²) in [6.07, 6.45) is 0.330. The Morgan fingerprint density at radius 1 is 1.19 bits per heavy atom. The molecular formula is C15H12ClNO3S. The van der Waals surface area contributed by atoms with Gasteiger partial charge in [0, 0.05) is 13.0 Å². The zero-order valence-corrected chi connectivity index (χ0v) is 12.5. The maximum atomic E-state index is 12.6. The molecule has 1 aromatic carbocycles. The molecule has 4 nitrogen and oxygen atoms in total. The number of aliphatic carboxylic acids is 1. The van der Waals surface area contributed by atoms with Crippen LogP contribution < -0.4 is 0 Å². The predicted molar refractivity (Wildman–Crippen MR) is 80.8 cm³/mol. The summed E-state index contributed by atoms with van der Waals surface area (Å²) in [5.41, 5.74) is 1.98. The highest BCUT2D eigenvalue weighted by Gasteiger charge is 2.35. The van der Waals surface area contributed by atoms with Crippen molar-refractivity contribution in [2.24, 2.45) is 0 Å². The third kappa shape index (κ3) is 2.66. The first-order valence-corrected chi connectivity index (χ1v) is 7.61. The maximum Gasteiger partial charge on any atom is 0.326 e. The highest BCUT2D eigenvalue weighted by Crippen LogP contribution is 2.28. The van der Waals surface area contributed by atoms with Crippen molar-refractivity contribution < 1.29 is 14.7 Å². The zero-order chi connectivity index (χ0) is 15.0. The summed E-state index contributed by atoms with van der Waals surface area (Å²) in [6, 6.07) is 10.1. The number of carboxylic acids is 1. The number of carboxylic acid groups (broad SMARTS) is 1. The first-order valence-electron chi connectivity index (χ1n) is 6.42. The minimum absolute atomic E-state index is 0.284. The molecule has 1 unspecified atom stereocenters. The number of carbonyl (C=O) groups is 2. The van der Waals surface area contributed by atoms with Crippen molar-refractivity contribution in [3.05, 3.63) is 56.7 Å². The fourth-order valence-corrected chi connectivity index (χ4v) is 3.53. The van der Waals surface area contributed by atoms with Gasteiger partial charge < -0.3 is 10.0 Å². The number of thiophene rings is 1. The Morgan fingerprint density at radius 3 is 2.52 bits per heavy atom. The number of hydrogen-bond acceptors (Lipinski definition) is 3. The van der Waals surface area contributed by atoms with Gasteiger partial charge in [-0.3, -0.25) is 4.79 Å². The van der Waals surface area contributed by atoms with E-state index in [1.54, 1.807) is 12.1 Å². The first kappa shape index (κ1) is 14.1. The molecule has 0 fully saturated rings. The first-order chi connectivity index (χ1) is 10.1. The summed E-state index contributed by atoms with van der Waals surface area (Å²) < 4.78 is 0.516. The Kier molecular flexibility index (Phi) is 3.69. The number of hydrogen-bond donors (Lipinski definition) is 1. The normalized spacial score (nSPS) is 17.4. The SMILES string of the molecule is O=C(O)C1Cc2ccccc2CN1C(=O)c1ccc(Cl)s1. The van der Waals surface area contributed by atoms with E-state index in [2.05, 4.69) is 0 Å². The molecule has 1 N–H and O–H groups in total. The second-order valence-electron chi connectivity index (χ2n) is 4.86. The van der Waals surface area contributed by atoms with Gasteiger partial charge in [-0.05, 0) is 23.3 Å². The van der Waals surface area contributed by atoms with E-state index in [0.717, 1.165) is 11.1 Å². The number of amides is 1. The monoisotopic (exact) mass is 321 g/mol. The van der Waals surface area contributed by atoms with Crippen molar-refractivity contribution in [3.8, 4) is 0 Å². The lowest BCUT2D eigenvalue weighted by atomic mass is 9.94. The Morgan fingerprint density at radius 2 is 1.90 bits per heavy atom. The highest BCUT2D eigenvalue weighted by molar-refractivity contribution is 7.17. The van der Waals surface area contributed by atoms with Crippen molar-refractivity contribution >= 4 is 34.8 Å². The molecule has 2 heterocycles. The molecule has 108 valence electrons. The van der Waals surface area contributed by atoms with Crippen LogP contribution in [0.1, 0.15) is 20.8 Å². The molecule has 1 aromatic heterocycles. The molecule has 6 heteroatoms. The number of halogens is 1. The zero-order valence-electron chi connectivity index (χ0n) is 11.0. The van der Waals surface area contributed by atoms with Crippen molar-refractivity contribution in [2.45, 2.75) is 19.0 Å². The molecule has 0 aliphatic carbocycles. The Labute approximate surface area is 130 Å². The predicted octanol–water partition coefficient (Wildman–Crippen LogP) is 3.05. The molecular weight excluding hydrogens is 310 g/mol. The molecule has 0 bridgehead atoms. The van der Waals surface area contributed by atoms with E-state index in [1.165, 1.54) is 16.2 Å². The Balaban J connectivity index is 1.96. The van der Waals surface area contributed by atoms with Gasteiger partial charge in [0.1, 0.15) is 6.04 Å². The fourth-order valence-electron chi connectivity index (χ4n) is 2.53. The van der Waals surface area contributed by atoms with Crippen molar-refractivity contribution in [1.82, 2.24) is 4.90 Å². The Hall–Kier alpha value is -1.85. The smallest absolute Gasteiger partial charge is 0.326 e. The van der Waals surface area contributed by atoms with Crippen LogP contribution in [-0.2, 0) is 17.8 Å². The van der Waals surface area contributed by atoms with Gasteiger partial charge in [-0.2, -0.15) is 0 Å². The highest BCUT2D eigenvalue weighted by atomic mass is 35.5. The van der Waals surface area contributed by atoms with Gasteiger partial charge >= 0.3 is 5.97 Å². The summed E-state index contributed by atoms with van der Waals surface area (Å²) in [7, 11) is 0. The summed E-state index contributed by atoms with van der Waals surface area (Å²) in [5.74, 6) is -1.27. The summed E-state index contributed by atoms with van der Waals surface area (Å²) >= 11 is 7.02. The van der Waals surface area contributed by atoms with Crippen molar-refractivity contribution in [2.75, 3.05) is 0 Å². The van der Waals surface area contributed by atoms with Crippen LogP contribution in [0.4, 0.5) is 0 Å². The van der Waals surface area contributed by atoms with Gasteiger partial charge in [-0.25, -0.2) is 4.79 Å². The third-order valence-corrected chi connectivity index (χ3v) is 4.80. The average Bonchev–Trinajstić information content (AvgIpc) is 2.91. The number of nitrogens with zero attached hydrogens (tertiary/aromatic N) is 1. The lowest BCUT2D eigenvalue weighted by Gasteiger charge is -2.34. The number of benzene rings is 1. The molecule has 1 amide bonds. The molecule has 0 saturated heterocycles. The van der Waals surface area contributed by atoms with Crippen LogP contribution in [-0.4, -0.2) is 27.9 Å². The van der Waals surface area contributed by atoms with Gasteiger partial charge in [0.05, 0.1) is 9.21 Å². The van der Waals surface area contributed by atoms with Crippen LogP contribution >= 0.6 is 22.9 Å². The number of fused-ring (bicyclic) bond motifs is 1. The van der Waals surface area contributed by atoms with Crippen LogP contribution in [0.2, 0.25) is 4.34 Å². The van der Waals surface area contributed by atoms with Crippen molar-refractivity contribution in [1.29, 1.82) is 0 Å². The molecule has 1 aliphatic rings. The molecule has 0 radical (unpaired) electrons. The van der Waals surface area contributed by atoms with E-state index in [1.807, 2.05) is 24.3 Å². The largest absolute Gasteiger partial charge is 0.480 e. The van der Waals surface area contributed by atoms with E-state index in [0.29, 0.717) is 22.2 Å². The lowest BCUT2D eigenvalue weighted by Crippen LogP contribution is -2.48. The lowest BCUT2D eigenvalue weighted by molar-refractivity contribution is -0.142. The van der Waals surface area contributed by atoms with Crippen molar-refractivity contribution in [3.63, 3.8) is 0 Å². The molecule has 21 heavy (non-hydrogen) atoms. The number of rotatable bonds is 2. The van der Waals surface area contributed by atoms with Gasteiger partial charge in [-0.15, -0.1) is 11.3 Å². The maximum absolute atomic E-state index is 12.6. The van der Waals surface area contributed by atoms with Crippen LogP contribution in [0.15, 0.2) is 36.4 Å². The van der Waals surface area contributed by atoms with Gasteiger partial charge in [-0.1, -0.05) is 35.9 Å². The molecule has 0 spiro atoms. The molecule has 1 aliphatic heterocycles. The fraction of sp³-hybridized carbons (Fsp3) is 0.200. The molecule has 3 rings (SSSR count). The summed E-state index contributed by atoms with van der Waals surface area (Å²) in [5, 5.41) is 9.42. The summed E-state index contributed by atoms with van der Waals surface area (Å²) in [4.78, 5) is 25.9. The molecule has 2 aromatic rings. The summed E-state index contributed by atoms with van der Waals surface area (Å²) in [6.45, 7) is 0.307. The van der Waals surface area contributed by atoms with Gasteiger partial charge in [0.15, 0.2) is 0 Å². The van der Waals surface area contributed by atoms with E-state index < -0.39 is 12.0 Å². The topological polar surface area (TPSA) is 57.6 Å². The van der Waals surface area contributed by atoms with Crippen LogP contribution in [0.5, 0.6) is 0 Å². The Bertz CT molecular complexity index is 712. The van der Waals surface area contributed by atoms with E-state index in [9.17, 15) is 14.7 Å². The van der Waals surface area contributed by atoms with E-state index in [4.69, 9.17) is 11.6 Å². The van der Waals surface area contributed by atoms with E-state index in [-0.39, 0.29) is 5.91 Å². The number of carbonyl (C=O) groups excluding carboxylic acids is 1. The quantitative estimate of drug-likeness (QED) is 0.925. The van der Waals surface area contributed by atoms with Crippen LogP contribution in [0, 0.1) is 0 Å². The second kappa shape index (κ2) is 5.50. The van der Waals surface area contributed by atoms with Gasteiger partial charge in [0.25, 0.3) is 5.91 Å². The average molecular weight is 322 g/mol. The van der Waals surface area contributed by atoms with Gasteiger partial charge in [0.2, 0.25) is 0 Å². The van der Waals surface area contributed by atoms with Crippen LogP contribution in [0.3, 0.4) is 0 Å². The molecule has 1 atom stereocenters. The van der Waals surface area contributed by atoms with Crippen LogP contribution in [0.25, 0.3) is 0 Å². The third-order valence-electron chi connectivity index (χ3n) is 3.58. The minimum Gasteiger partial charge on any atom is -0.480 e. The van der Waals surface area contributed by atoms with E-state index >= 15 is 0 Å². The minimum atomic E-state index is -0.986. The second-order valence-corrected chi connectivity index (χ2v) is 6.58.